The first-order chi connectivity index (χ1) is 13.5. The van der Waals surface area contributed by atoms with E-state index < -0.39 is 6.03 Å². The maximum Gasteiger partial charge on any atom is 0.326 e. The van der Waals surface area contributed by atoms with Crippen LogP contribution in [0.1, 0.15) is 33.1 Å². The first-order valence-electron chi connectivity index (χ1n) is 8.85. The van der Waals surface area contributed by atoms with Crippen molar-refractivity contribution in [1.82, 2.24) is 15.3 Å². The lowest BCUT2D eigenvalue weighted by atomic mass is 9.88. The highest BCUT2D eigenvalue weighted by molar-refractivity contribution is 5.94. The predicted octanol–water partition coefficient (Wildman–Crippen LogP) is 3.31. The molecule has 2 aromatic heterocycles. The normalized spacial score (nSPS) is 12.5. The van der Waals surface area contributed by atoms with Crippen LogP contribution in [-0.4, -0.2) is 28.3 Å². The summed E-state index contributed by atoms with van der Waals surface area (Å²) >= 11 is 0. The third-order valence-corrected chi connectivity index (χ3v) is 3.83. The molecule has 3 N–H and O–H groups in total. The summed E-state index contributed by atoms with van der Waals surface area (Å²) in [6.45, 7) is 3.69. The second-order valence-electron chi connectivity index (χ2n) is 6.29. The van der Waals surface area contributed by atoms with Gasteiger partial charge in [0.1, 0.15) is 23.1 Å². The van der Waals surface area contributed by atoms with Gasteiger partial charge in [-0.25, -0.2) is 14.8 Å². The van der Waals surface area contributed by atoms with E-state index in [1.165, 1.54) is 44.6 Å². The van der Waals surface area contributed by atoms with Gasteiger partial charge in [-0.15, -0.1) is 0 Å². The van der Waals surface area contributed by atoms with Crippen LogP contribution in [0.15, 0.2) is 36.7 Å². The lowest BCUT2D eigenvalue weighted by molar-refractivity contribution is -0.114. The average Bonchev–Trinajstić information content (AvgIpc) is 2.62. The highest BCUT2D eigenvalue weighted by atomic mass is 16.5. The lowest BCUT2D eigenvalue weighted by Gasteiger charge is -2.18. The summed E-state index contributed by atoms with van der Waals surface area (Å²) in [6, 6.07) is 5.59. The van der Waals surface area contributed by atoms with Crippen LogP contribution >= 0.6 is 0 Å². The number of nitrogens with one attached hydrogen (secondary N) is 3. The maximum absolute atomic E-state index is 11.1. The fourth-order valence-electron chi connectivity index (χ4n) is 2.19. The van der Waals surface area contributed by atoms with Gasteiger partial charge in [0.2, 0.25) is 12.3 Å². The van der Waals surface area contributed by atoms with Crippen molar-refractivity contribution in [2.24, 2.45) is 5.92 Å². The van der Waals surface area contributed by atoms with E-state index in [-0.39, 0.29) is 18.1 Å². The lowest BCUT2D eigenvalue weighted by Crippen LogP contribution is -2.27. The summed E-state index contributed by atoms with van der Waals surface area (Å²) in [7, 11) is 0. The Morgan fingerprint density at radius 2 is 1.86 bits per heavy atom. The molecule has 1 fully saturated rings. The van der Waals surface area contributed by atoms with Crippen LogP contribution in [0.2, 0.25) is 0 Å². The van der Waals surface area contributed by atoms with Crippen LogP contribution in [0.5, 0.6) is 11.5 Å². The molecule has 0 saturated heterocycles. The van der Waals surface area contributed by atoms with Crippen molar-refractivity contribution in [2.75, 3.05) is 10.6 Å². The van der Waals surface area contributed by atoms with Crippen LogP contribution in [0.4, 0.5) is 16.4 Å². The predicted molar refractivity (Wildman–Crippen MR) is 104 cm³/mol. The number of carbonyl (C=O) groups is 3. The summed E-state index contributed by atoms with van der Waals surface area (Å²) in [6.07, 6.45) is 7.62. The van der Waals surface area contributed by atoms with Crippen LogP contribution in [-0.2, 0) is 9.59 Å². The second kappa shape index (κ2) is 10.6. The van der Waals surface area contributed by atoms with Gasteiger partial charge in [-0.1, -0.05) is 26.2 Å². The van der Waals surface area contributed by atoms with Crippen molar-refractivity contribution >= 4 is 30.0 Å². The molecule has 1 aliphatic rings. The quantitative estimate of drug-likeness (QED) is 0.679. The van der Waals surface area contributed by atoms with Gasteiger partial charge in [0, 0.05) is 19.2 Å². The number of amides is 4. The van der Waals surface area contributed by atoms with Crippen molar-refractivity contribution in [3.63, 3.8) is 0 Å². The molecule has 3 rings (SSSR count). The highest BCUT2D eigenvalue weighted by Crippen LogP contribution is 2.24. The van der Waals surface area contributed by atoms with Gasteiger partial charge in [-0.2, -0.15) is 0 Å². The number of rotatable bonds is 5. The largest absolute Gasteiger partial charge is 0.456 e. The molecular weight excluding hydrogens is 362 g/mol. The topological polar surface area (TPSA) is 122 Å². The first kappa shape index (κ1) is 20.8. The summed E-state index contributed by atoms with van der Waals surface area (Å²) < 4.78 is 5.57. The average molecular weight is 385 g/mol. The number of ether oxygens (including phenoxy) is 1. The van der Waals surface area contributed by atoms with E-state index in [9.17, 15) is 14.4 Å². The minimum absolute atomic E-state index is 0.236. The number of urea groups is 1. The van der Waals surface area contributed by atoms with E-state index in [1.54, 1.807) is 18.2 Å². The van der Waals surface area contributed by atoms with Crippen molar-refractivity contribution in [1.29, 1.82) is 0 Å². The Morgan fingerprint density at radius 1 is 1.11 bits per heavy atom. The van der Waals surface area contributed by atoms with Crippen molar-refractivity contribution < 1.29 is 19.1 Å². The molecule has 0 atom stereocenters. The van der Waals surface area contributed by atoms with Gasteiger partial charge in [0.25, 0.3) is 0 Å². The fraction of sp³-hybridized carbons (Fsp3) is 0.316. The van der Waals surface area contributed by atoms with Crippen LogP contribution in [0.3, 0.4) is 0 Å². The Bertz CT molecular complexity index is 806. The molecule has 9 heteroatoms. The molecule has 28 heavy (non-hydrogen) atoms. The van der Waals surface area contributed by atoms with Crippen LogP contribution < -0.4 is 20.7 Å². The summed E-state index contributed by atoms with van der Waals surface area (Å²) in [5.74, 6) is 2.34. The molecule has 0 aliphatic heterocycles. The molecule has 4 amide bonds. The maximum atomic E-state index is 11.1. The molecule has 9 nitrogen and oxygen atoms in total. The summed E-state index contributed by atoms with van der Waals surface area (Å²) in [5.41, 5.74) is 0. The van der Waals surface area contributed by atoms with Gasteiger partial charge in [0.05, 0.1) is 6.20 Å². The van der Waals surface area contributed by atoms with E-state index in [0.29, 0.717) is 17.3 Å². The Kier molecular flexibility index (Phi) is 7.89. The van der Waals surface area contributed by atoms with Gasteiger partial charge < -0.3 is 10.1 Å². The minimum atomic E-state index is -0.685. The van der Waals surface area contributed by atoms with Crippen LogP contribution in [0, 0.1) is 5.92 Å². The number of anilines is 2. The number of aromatic nitrogens is 2. The number of nitrogens with zero attached hydrogens (tertiary/aromatic N) is 2. The number of hydrogen-bond donors (Lipinski definition) is 3. The molecule has 0 unspecified atom stereocenters. The van der Waals surface area contributed by atoms with Gasteiger partial charge in [-0.3, -0.25) is 20.2 Å². The standard InChI is InChI=1S/C14H13N5O4.C5H10/c1-9(21)18-13-6-10(4-5-15-13)23-11-2-3-12(16-7-11)19-14(22)17-8-20;1-5-3-2-4-5/h2-8H,1H3,(H,15,18,21)(H2,16,17,19,20,22);5H,2-4H2,1H3. The molecule has 2 heterocycles. The third-order valence-electron chi connectivity index (χ3n) is 3.83. The van der Waals surface area contributed by atoms with E-state index >= 15 is 0 Å². The van der Waals surface area contributed by atoms with Crippen molar-refractivity contribution in [2.45, 2.75) is 33.1 Å². The fourth-order valence-corrected chi connectivity index (χ4v) is 2.19. The van der Waals surface area contributed by atoms with Crippen molar-refractivity contribution in [3.05, 3.63) is 36.7 Å². The Balaban J connectivity index is 0.000000485. The third kappa shape index (κ3) is 7.40. The zero-order valence-electron chi connectivity index (χ0n) is 15.8. The minimum Gasteiger partial charge on any atom is -0.456 e. The van der Waals surface area contributed by atoms with E-state index in [4.69, 9.17) is 4.74 Å². The molecule has 0 radical (unpaired) electrons. The van der Waals surface area contributed by atoms with Crippen LogP contribution in [0.25, 0.3) is 0 Å². The molecule has 0 aromatic carbocycles. The zero-order chi connectivity index (χ0) is 20.4. The molecular formula is C19H23N5O4. The number of pyridine rings is 2. The smallest absolute Gasteiger partial charge is 0.326 e. The molecule has 0 bridgehead atoms. The van der Waals surface area contributed by atoms with E-state index in [1.807, 2.05) is 5.32 Å². The Hall–Kier alpha value is -3.49. The summed E-state index contributed by atoms with van der Waals surface area (Å²) in [4.78, 5) is 40.2. The molecule has 2 aromatic rings. The molecule has 1 saturated carbocycles. The highest BCUT2D eigenvalue weighted by Gasteiger charge is 2.09. The second-order valence-corrected chi connectivity index (χ2v) is 6.29. The van der Waals surface area contributed by atoms with Crippen molar-refractivity contribution in [3.8, 4) is 11.5 Å². The Morgan fingerprint density at radius 3 is 2.39 bits per heavy atom. The van der Waals surface area contributed by atoms with Gasteiger partial charge in [0.15, 0.2) is 0 Å². The van der Waals surface area contributed by atoms with Gasteiger partial charge in [-0.05, 0) is 24.1 Å². The van der Waals surface area contributed by atoms with E-state index in [2.05, 4.69) is 27.5 Å². The van der Waals surface area contributed by atoms with Gasteiger partial charge >= 0.3 is 6.03 Å². The SMILES string of the molecule is CC(=O)Nc1cc(Oc2ccc(NC(=O)NC=O)nc2)ccn1.CC1CCC1. The summed E-state index contributed by atoms with van der Waals surface area (Å²) in [5, 5.41) is 6.83. The molecule has 0 spiro atoms. The molecule has 148 valence electrons. The number of imide groups is 1. The Labute approximate surface area is 162 Å². The molecule has 1 aliphatic carbocycles. The zero-order valence-corrected chi connectivity index (χ0v) is 15.8. The number of hydrogen-bond acceptors (Lipinski definition) is 6. The first-order valence-corrected chi connectivity index (χ1v) is 8.85. The monoisotopic (exact) mass is 385 g/mol. The van der Waals surface area contributed by atoms with E-state index in [0.717, 1.165) is 5.92 Å². The number of carbonyl (C=O) groups excluding carboxylic acids is 3.